The van der Waals surface area contributed by atoms with Gasteiger partial charge in [0.15, 0.2) is 0 Å². The molecule has 1 aromatic carbocycles. The monoisotopic (exact) mass is 294 g/mol. The summed E-state index contributed by atoms with van der Waals surface area (Å²) in [5.74, 6) is -1.30. The molecule has 0 aromatic heterocycles. The molecule has 0 unspecified atom stereocenters. The molecule has 1 aromatic rings. The fraction of sp³-hybridized carbons (Fsp3) is 0.222. The van der Waals surface area contributed by atoms with Gasteiger partial charge in [-0.15, -0.1) is 5.11 Å². The topological polar surface area (TPSA) is 125 Å². The maximum absolute atomic E-state index is 10.6. The first-order valence-electron chi connectivity index (χ1n) is 4.67. The van der Waals surface area contributed by atoms with E-state index in [1.54, 1.807) is 0 Å². The van der Waals surface area contributed by atoms with Crippen LogP contribution in [-0.2, 0) is 14.9 Å². The maximum atomic E-state index is 10.6. The molecule has 0 saturated heterocycles. The summed E-state index contributed by atoms with van der Waals surface area (Å²) in [6.07, 6.45) is 0. The number of benzene rings is 1. The Bertz CT molecular complexity index is 558. The third kappa shape index (κ3) is 6.64. The van der Waals surface area contributed by atoms with Crippen LogP contribution in [0.2, 0.25) is 0 Å². The number of likely N-dealkylation sites (N-methyl/N-ethyl adjacent to an activating group) is 1. The number of carboxylic acids is 1. The van der Waals surface area contributed by atoms with Gasteiger partial charge in [-0.3, -0.25) is 5.01 Å². The minimum Gasteiger partial charge on any atom is -0.744 e. The number of aliphatic carboxylic acids is 1. The summed E-state index contributed by atoms with van der Waals surface area (Å²) < 4.78 is 31.9. The number of nitrogens with zero attached hydrogens (tertiary/aromatic N) is 3. The Balaban J connectivity index is 0.00000324. The Kier molecular flexibility index (Phi) is 7.16. The van der Waals surface area contributed by atoms with Gasteiger partial charge in [-0.1, -0.05) is 5.22 Å². The van der Waals surface area contributed by atoms with Crippen molar-refractivity contribution in [1.82, 2.24) is 5.01 Å². The second kappa shape index (κ2) is 7.56. The fourth-order valence-electron chi connectivity index (χ4n) is 1.03. The van der Waals surface area contributed by atoms with Crippen molar-refractivity contribution in [2.24, 2.45) is 10.3 Å². The van der Waals surface area contributed by atoms with Gasteiger partial charge < -0.3 is 14.5 Å². The standard InChI is InChI=1S/C9H11N3O5S.Na/c1-12(6-9(13)14)11-10-7-2-4-8(5-3-7)18(15,16)17;/h2-5H,6H2,1H3,(H,13,14)(H,15,16,17);/q;+1/p-2. The maximum Gasteiger partial charge on any atom is 1.00 e. The summed E-state index contributed by atoms with van der Waals surface area (Å²) in [6, 6.07) is 4.74. The third-order valence-electron chi connectivity index (χ3n) is 1.80. The molecule has 0 fully saturated rings. The molecular weight excluding hydrogens is 285 g/mol. The minimum absolute atomic E-state index is 0. The van der Waals surface area contributed by atoms with Crippen molar-refractivity contribution in [2.45, 2.75) is 4.90 Å². The first-order valence-corrected chi connectivity index (χ1v) is 6.08. The Hall–Kier alpha value is -1.000. The second-order valence-electron chi connectivity index (χ2n) is 3.33. The van der Waals surface area contributed by atoms with Crippen LogP contribution in [0.5, 0.6) is 0 Å². The summed E-state index contributed by atoms with van der Waals surface area (Å²) in [4.78, 5) is 9.85. The zero-order valence-corrected chi connectivity index (χ0v) is 13.1. The fourth-order valence-corrected chi connectivity index (χ4v) is 1.50. The van der Waals surface area contributed by atoms with Crippen LogP contribution in [0, 0.1) is 0 Å². The van der Waals surface area contributed by atoms with Crippen LogP contribution in [0.15, 0.2) is 39.5 Å². The van der Waals surface area contributed by atoms with Crippen LogP contribution in [0.4, 0.5) is 5.69 Å². The van der Waals surface area contributed by atoms with Crippen molar-refractivity contribution < 1.29 is 52.4 Å². The van der Waals surface area contributed by atoms with E-state index in [4.69, 9.17) is 0 Å². The van der Waals surface area contributed by atoms with Gasteiger partial charge >= 0.3 is 29.6 Å². The molecule has 0 N–H and O–H groups in total. The summed E-state index contributed by atoms with van der Waals surface area (Å²) in [5, 5.41) is 18.4. The molecule has 1 rings (SSSR count). The van der Waals surface area contributed by atoms with E-state index in [2.05, 4.69) is 10.3 Å². The molecule has 98 valence electrons. The van der Waals surface area contributed by atoms with Crippen LogP contribution in [0.1, 0.15) is 0 Å². The van der Waals surface area contributed by atoms with E-state index in [0.29, 0.717) is 0 Å². The zero-order valence-electron chi connectivity index (χ0n) is 10.3. The van der Waals surface area contributed by atoms with Crippen molar-refractivity contribution in [3.63, 3.8) is 0 Å². The van der Waals surface area contributed by atoms with E-state index in [-0.39, 0.29) is 40.1 Å². The van der Waals surface area contributed by atoms with Gasteiger partial charge in [-0.2, -0.15) is 0 Å². The van der Waals surface area contributed by atoms with E-state index in [0.717, 1.165) is 17.1 Å². The molecular formula is C9H9N3NaO5S-. The van der Waals surface area contributed by atoms with Crippen LogP contribution in [-0.4, -0.2) is 37.5 Å². The molecule has 0 aliphatic carbocycles. The average molecular weight is 294 g/mol. The first kappa shape index (κ1) is 18.0. The van der Waals surface area contributed by atoms with Gasteiger partial charge in [0.25, 0.3) is 0 Å². The molecule has 0 aliphatic rings. The molecule has 0 amide bonds. The Morgan fingerprint density at radius 3 is 2.26 bits per heavy atom. The number of hydrogen-bond acceptors (Lipinski definition) is 7. The second-order valence-corrected chi connectivity index (χ2v) is 4.70. The molecule has 0 radical (unpaired) electrons. The quantitative estimate of drug-likeness (QED) is 0.238. The summed E-state index contributed by atoms with van der Waals surface area (Å²) in [7, 11) is -3.10. The molecule has 0 saturated carbocycles. The van der Waals surface area contributed by atoms with Gasteiger partial charge in [-0.05, 0) is 24.3 Å². The van der Waals surface area contributed by atoms with Crippen LogP contribution >= 0.6 is 0 Å². The smallest absolute Gasteiger partial charge is 0.744 e. The van der Waals surface area contributed by atoms with Crippen LogP contribution in [0.3, 0.4) is 0 Å². The molecule has 0 heterocycles. The van der Waals surface area contributed by atoms with Gasteiger partial charge in [0.05, 0.1) is 23.1 Å². The number of carboxylic acid groups (broad SMARTS) is 1. The first-order chi connectivity index (χ1) is 8.29. The minimum atomic E-state index is -4.49. The SMILES string of the molecule is CN(CC(=O)[O-])N=Nc1ccc(S(=O)(=O)[O-])cc1.[Na+]. The van der Waals surface area contributed by atoms with E-state index < -0.39 is 22.6 Å². The Morgan fingerprint density at radius 1 is 1.32 bits per heavy atom. The van der Waals surface area contributed by atoms with Crippen molar-refractivity contribution in [3.8, 4) is 0 Å². The van der Waals surface area contributed by atoms with Crippen molar-refractivity contribution in [2.75, 3.05) is 13.6 Å². The number of carbonyl (C=O) groups excluding carboxylic acids is 1. The predicted octanol–water partition coefficient (Wildman–Crippen LogP) is -3.72. The third-order valence-corrected chi connectivity index (χ3v) is 2.65. The van der Waals surface area contributed by atoms with E-state index in [1.807, 2.05) is 0 Å². The summed E-state index contributed by atoms with van der Waals surface area (Å²) in [6.45, 7) is -0.420. The average Bonchev–Trinajstić information content (AvgIpc) is 2.25. The molecule has 0 aliphatic heterocycles. The Labute approximate surface area is 132 Å². The van der Waals surface area contributed by atoms with E-state index in [9.17, 15) is 22.9 Å². The zero-order chi connectivity index (χ0) is 13.8. The van der Waals surface area contributed by atoms with Gasteiger partial charge in [0.1, 0.15) is 10.1 Å². The molecule has 8 nitrogen and oxygen atoms in total. The summed E-state index contributed by atoms with van der Waals surface area (Å²) in [5.41, 5.74) is 0.285. The molecule has 0 atom stereocenters. The number of hydrogen-bond donors (Lipinski definition) is 0. The van der Waals surface area contributed by atoms with Crippen LogP contribution < -0.4 is 34.7 Å². The molecule has 0 bridgehead atoms. The van der Waals surface area contributed by atoms with Crippen LogP contribution in [0.25, 0.3) is 0 Å². The van der Waals surface area contributed by atoms with Crippen molar-refractivity contribution in [1.29, 1.82) is 0 Å². The molecule has 10 heteroatoms. The van der Waals surface area contributed by atoms with Gasteiger partial charge in [-0.25, -0.2) is 8.42 Å². The Morgan fingerprint density at radius 2 is 1.84 bits per heavy atom. The normalized spacial score (nSPS) is 11.1. The van der Waals surface area contributed by atoms with E-state index >= 15 is 0 Å². The number of rotatable bonds is 5. The van der Waals surface area contributed by atoms with Crippen molar-refractivity contribution in [3.05, 3.63) is 24.3 Å². The molecule has 0 spiro atoms. The molecule has 19 heavy (non-hydrogen) atoms. The van der Waals surface area contributed by atoms with Gasteiger partial charge in [0.2, 0.25) is 0 Å². The number of carbonyl (C=O) groups is 1. The van der Waals surface area contributed by atoms with Crippen molar-refractivity contribution >= 4 is 21.8 Å². The van der Waals surface area contributed by atoms with E-state index in [1.165, 1.54) is 19.2 Å². The summed E-state index contributed by atoms with van der Waals surface area (Å²) >= 11 is 0. The van der Waals surface area contributed by atoms with Gasteiger partial charge in [0, 0.05) is 7.05 Å². The largest absolute Gasteiger partial charge is 1.00 e. The predicted molar refractivity (Wildman–Crippen MR) is 56.6 cm³/mol.